The molecule has 1 aromatic heterocycles. The number of aryl methyl sites for hydroxylation is 1. The van der Waals surface area contributed by atoms with E-state index < -0.39 is 18.0 Å². The Bertz CT molecular complexity index is 1300. The van der Waals surface area contributed by atoms with Gasteiger partial charge in [-0.15, -0.1) is 0 Å². The number of carboxylic acids is 1. The van der Waals surface area contributed by atoms with Crippen LogP contribution in [0.4, 0.5) is 15.3 Å². The number of para-hydroxylation sites is 1. The Morgan fingerprint density at radius 3 is 2.75 bits per heavy atom. The number of hydrogen-bond acceptors (Lipinski definition) is 4. The Hall–Kier alpha value is -4.08. The first kappa shape index (κ1) is 23.7. The van der Waals surface area contributed by atoms with E-state index >= 15 is 0 Å². The summed E-state index contributed by atoms with van der Waals surface area (Å²) >= 11 is 0. The smallest absolute Gasteiger partial charge is 0.326 e. The Labute approximate surface area is 208 Å². The van der Waals surface area contributed by atoms with E-state index in [0.717, 1.165) is 39.7 Å². The Kier molecular flexibility index (Phi) is 6.49. The van der Waals surface area contributed by atoms with Crippen LogP contribution in [0.1, 0.15) is 36.5 Å². The normalized spacial score (nSPS) is 17.0. The number of anilines is 1. The van der Waals surface area contributed by atoms with E-state index in [9.17, 15) is 19.5 Å². The summed E-state index contributed by atoms with van der Waals surface area (Å²) in [5.74, 6) is -1.08. The van der Waals surface area contributed by atoms with Gasteiger partial charge in [0.1, 0.15) is 6.04 Å². The van der Waals surface area contributed by atoms with Crippen LogP contribution < -0.4 is 10.6 Å². The van der Waals surface area contributed by atoms with Gasteiger partial charge in [0.05, 0.1) is 11.7 Å². The molecule has 2 aliphatic rings. The molecule has 2 aromatic carbocycles. The molecule has 0 bridgehead atoms. The first-order valence-electron chi connectivity index (χ1n) is 12.3. The minimum Gasteiger partial charge on any atom is -0.480 e. The van der Waals surface area contributed by atoms with Crippen molar-refractivity contribution in [1.82, 2.24) is 25.3 Å². The monoisotopic (exact) mass is 490 g/mol. The van der Waals surface area contributed by atoms with Crippen molar-refractivity contribution < 1.29 is 19.5 Å². The van der Waals surface area contributed by atoms with Gasteiger partial charge in [-0.2, -0.15) is 5.10 Å². The fourth-order valence-corrected chi connectivity index (χ4v) is 5.17. The molecule has 0 spiro atoms. The van der Waals surface area contributed by atoms with Crippen molar-refractivity contribution >= 4 is 34.6 Å². The lowest BCUT2D eigenvalue weighted by Crippen LogP contribution is -2.54. The van der Waals surface area contributed by atoms with Crippen molar-refractivity contribution in [3.63, 3.8) is 0 Å². The van der Waals surface area contributed by atoms with Crippen LogP contribution in [0, 0.1) is 0 Å². The van der Waals surface area contributed by atoms with Crippen LogP contribution in [0.15, 0.2) is 42.6 Å². The molecule has 5 rings (SSSR count). The molecule has 1 unspecified atom stereocenters. The van der Waals surface area contributed by atoms with Gasteiger partial charge < -0.3 is 25.5 Å². The lowest BCUT2D eigenvalue weighted by atomic mass is 9.99. The van der Waals surface area contributed by atoms with Crippen LogP contribution in [-0.4, -0.2) is 68.3 Å². The standard InChI is InChI=1S/C26H30N6O4/c1-2-17-11-16(12-19-14-27-30-23(17)19)13-22(24(33)34)29-25(35)31-9-7-20(8-10-31)32-15-18-5-3-4-6-21(18)28-26(32)36/h3-6,11-12,14,20,22H,2,7-10,13,15H2,1H3,(H,27,30)(H,28,36)(H,29,35)(H,33,34). The number of rotatable bonds is 6. The predicted octanol–water partition coefficient (Wildman–Crippen LogP) is 3.34. The minimum absolute atomic E-state index is 0.0202. The average molecular weight is 491 g/mol. The maximum Gasteiger partial charge on any atom is 0.326 e. The largest absolute Gasteiger partial charge is 0.480 e. The highest BCUT2D eigenvalue weighted by Gasteiger charge is 2.33. The van der Waals surface area contributed by atoms with Gasteiger partial charge in [0.2, 0.25) is 0 Å². The van der Waals surface area contributed by atoms with E-state index in [2.05, 4.69) is 20.8 Å². The number of benzene rings is 2. The molecular weight excluding hydrogens is 460 g/mol. The van der Waals surface area contributed by atoms with Gasteiger partial charge in [-0.05, 0) is 48.1 Å². The zero-order valence-electron chi connectivity index (χ0n) is 20.2. The third-order valence-corrected chi connectivity index (χ3v) is 7.16. The Balaban J connectivity index is 1.20. The summed E-state index contributed by atoms with van der Waals surface area (Å²) < 4.78 is 0. The summed E-state index contributed by atoms with van der Waals surface area (Å²) in [6.07, 6.45) is 3.96. The van der Waals surface area contributed by atoms with Crippen LogP contribution in [0.3, 0.4) is 0 Å². The second-order valence-corrected chi connectivity index (χ2v) is 9.42. The summed E-state index contributed by atoms with van der Waals surface area (Å²) in [6.45, 7) is 3.48. The zero-order valence-corrected chi connectivity index (χ0v) is 20.2. The Morgan fingerprint density at radius 1 is 1.22 bits per heavy atom. The fraction of sp³-hybridized carbons (Fsp3) is 0.385. The molecule has 1 atom stereocenters. The molecule has 36 heavy (non-hydrogen) atoms. The van der Waals surface area contributed by atoms with Crippen molar-refractivity contribution in [3.8, 4) is 0 Å². The van der Waals surface area contributed by atoms with Crippen molar-refractivity contribution in [2.24, 2.45) is 0 Å². The number of carbonyl (C=O) groups is 3. The molecule has 10 nitrogen and oxygen atoms in total. The Morgan fingerprint density at radius 2 is 2.00 bits per heavy atom. The number of aromatic amines is 1. The van der Waals surface area contributed by atoms with E-state index in [1.165, 1.54) is 0 Å². The van der Waals surface area contributed by atoms with Crippen LogP contribution in [0.25, 0.3) is 10.9 Å². The first-order valence-corrected chi connectivity index (χ1v) is 12.3. The molecule has 1 saturated heterocycles. The maximum absolute atomic E-state index is 13.0. The second-order valence-electron chi connectivity index (χ2n) is 9.42. The van der Waals surface area contributed by atoms with E-state index in [0.29, 0.717) is 32.5 Å². The summed E-state index contributed by atoms with van der Waals surface area (Å²) in [4.78, 5) is 41.0. The number of nitrogens with zero attached hydrogens (tertiary/aromatic N) is 3. The van der Waals surface area contributed by atoms with Gasteiger partial charge >= 0.3 is 18.0 Å². The first-order chi connectivity index (χ1) is 17.4. The lowest BCUT2D eigenvalue weighted by molar-refractivity contribution is -0.139. The molecule has 0 aliphatic carbocycles. The van der Waals surface area contributed by atoms with Crippen LogP contribution in [0.2, 0.25) is 0 Å². The predicted molar refractivity (Wildman–Crippen MR) is 135 cm³/mol. The van der Waals surface area contributed by atoms with Crippen molar-refractivity contribution in [2.75, 3.05) is 18.4 Å². The van der Waals surface area contributed by atoms with Crippen molar-refractivity contribution in [2.45, 2.75) is 51.2 Å². The van der Waals surface area contributed by atoms with Crippen LogP contribution in [-0.2, 0) is 24.2 Å². The summed E-state index contributed by atoms with van der Waals surface area (Å²) in [7, 11) is 0. The fourth-order valence-electron chi connectivity index (χ4n) is 5.17. The highest BCUT2D eigenvalue weighted by atomic mass is 16.4. The molecule has 4 amide bonds. The number of aromatic nitrogens is 2. The number of fused-ring (bicyclic) bond motifs is 2. The van der Waals surface area contributed by atoms with Gasteiger partial charge in [0.15, 0.2) is 0 Å². The minimum atomic E-state index is -1.08. The van der Waals surface area contributed by atoms with Gasteiger partial charge in [0, 0.05) is 43.2 Å². The molecular formula is C26H30N6O4. The number of piperidine rings is 1. The van der Waals surface area contributed by atoms with E-state index in [1.807, 2.05) is 48.2 Å². The summed E-state index contributed by atoms with van der Waals surface area (Å²) in [5.41, 5.74) is 4.76. The molecule has 1 fully saturated rings. The van der Waals surface area contributed by atoms with E-state index in [4.69, 9.17) is 0 Å². The number of carboxylic acid groups (broad SMARTS) is 1. The van der Waals surface area contributed by atoms with Crippen LogP contribution in [0.5, 0.6) is 0 Å². The van der Waals surface area contributed by atoms with Gasteiger partial charge in [0.25, 0.3) is 0 Å². The molecule has 0 saturated carbocycles. The van der Waals surface area contributed by atoms with Crippen molar-refractivity contribution in [1.29, 1.82) is 0 Å². The van der Waals surface area contributed by atoms with Gasteiger partial charge in [-0.1, -0.05) is 31.2 Å². The average Bonchev–Trinajstić information content (AvgIpc) is 3.36. The topological polar surface area (TPSA) is 131 Å². The molecule has 0 radical (unpaired) electrons. The number of carbonyl (C=O) groups excluding carboxylic acids is 2. The second kappa shape index (κ2) is 9.88. The maximum atomic E-state index is 13.0. The van der Waals surface area contributed by atoms with Gasteiger partial charge in [-0.3, -0.25) is 5.10 Å². The number of likely N-dealkylation sites (tertiary alicyclic amines) is 1. The number of H-pyrrole nitrogens is 1. The molecule has 2 aliphatic heterocycles. The number of amides is 4. The molecule has 3 heterocycles. The van der Waals surface area contributed by atoms with E-state index in [-0.39, 0.29) is 18.5 Å². The summed E-state index contributed by atoms with van der Waals surface area (Å²) in [6, 6.07) is 10.1. The third kappa shape index (κ3) is 4.71. The highest BCUT2D eigenvalue weighted by Crippen LogP contribution is 2.27. The number of nitrogens with one attached hydrogen (secondary N) is 3. The number of hydrogen-bond donors (Lipinski definition) is 4. The van der Waals surface area contributed by atoms with Crippen LogP contribution >= 0.6 is 0 Å². The van der Waals surface area contributed by atoms with Gasteiger partial charge in [-0.25, -0.2) is 14.4 Å². The highest BCUT2D eigenvalue weighted by molar-refractivity contribution is 5.92. The zero-order chi connectivity index (χ0) is 25.2. The number of urea groups is 2. The summed E-state index contributed by atoms with van der Waals surface area (Å²) in [5, 5.41) is 23.4. The van der Waals surface area contributed by atoms with E-state index in [1.54, 1.807) is 11.1 Å². The van der Waals surface area contributed by atoms with Crippen molar-refractivity contribution in [3.05, 3.63) is 59.3 Å². The molecule has 3 aromatic rings. The quantitative estimate of drug-likeness (QED) is 0.421. The molecule has 10 heteroatoms. The third-order valence-electron chi connectivity index (χ3n) is 7.16. The molecule has 4 N–H and O–H groups in total. The SMILES string of the molecule is CCc1cc(CC(NC(=O)N2CCC(N3Cc4ccccc4NC3=O)CC2)C(=O)O)cc2cn[nH]c12. The number of aliphatic carboxylic acids is 1. The lowest BCUT2D eigenvalue weighted by Gasteiger charge is -2.40. The molecule has 188 valence electrons.